The van der Waals surface area contributed by atoms with Crippen molar-refractivity contribution in [1.82, 2.24) is 5.32 Å². The van der Waals surface area contributed by atoms with E-state index in [0.29, 0.717) is 12.1 Å². The van der Waals surface area contributed by atoms with E-state index >= 15 is 0 Å². The lowest BCUT2D eigenvalue weighted by Gasteiger charge is -2.21. The fraction of sp³-hybridized carbons (Fsp3) is 0.429. The molecule has 0 aliphatic heterocycles. The van der Waals surface area contributed by atoms with Gasteiger partial charge in [-0.1, -0.05) is 12.1 Å². The van der Waals surface area contributed by atoms with E-state index in [-0.39, 0.29) is 0 Å². The van der Waals surface area contributed by atoms with Gasteiger partial charge < -0.3 is 5.32 Å². The van der Waals surface area contributed by atoms with Crippen molar-refractivity contribution in [2.75, 3.05) is 0 Å². The van der Waals surface area contributed by atoms with Gasteiger partial charge in [-0.25, -0.2) is 0 Å². The summed E-state index contributed by atoms with van der Waals surface area (Å²) in [5.74, 6) is 0.857. The number of rotatable bonds is 5. The Balaban J connectivity index is 1.73. The van der Waals surface area contributed by atoms with Gasteiger partial charge in [0.1, 0.15) is 0 Å². The predicted molar refractivity (Wildman–Crippen MR) is 75.7 cm³/mol. The van der Waals surface area contributed by atoms with Crippen molar-refractivity contribution >= 4 is 22.7 Å². The maximum absolute atomic E-state index is 3.80. The van der Waals surface area contributed by atoms with Crippen molar-refractivity contribution in [3.8, 4) is 0 Å². The Morgan fingerprint density at radius 2 is 1.76 bits per heavy atom. The molecule has 3 heteroatoms. The minimum Gasteiger partial charge on any atom is -0.302 e. The predicted octanol–water partition coefficient (Wildman–Crippen LogP) is 4.61. The first-order valence-electron chi connectivity index (χ1n) is 6.17. The highest BCUT2D eigenvalue weighted by Crippen LogP contribution is 2.43. The Labute approximate surface area is 111 Å². The van der Waals surface area contributed by atoms with Crippen LogP contribution in [-0.2, 0) is 0 Å². The largest absolute Gasteiger partial charge is 0.302 e. The maximum atomic E-state index is 3.80. The van der Waals surface area contributed by atoms with Crippen LogP contribution in [0.1, 0.15) is 41.6 Å². The Kier molecular flexibility index (Phi) is 3.32. The Hall–Kier alpha value is -0.640. The van der Waals surface area contributed by atoms with Crippen LogP contribution in [0.3, 0.4) is 0 Å². The second kappa shape index (κ2) is 4.92. The third-order valence-corrected chi connectivity index (χ3v) is 5.35. The van der Waals surface area contributed by atoms with E-state index in [1.54, 1.807) is 0 Å². The molecule has 1 aliphatic carbocycles. The van der Waals surface area contributed by atoms with Crippen molar-refractivity contribution in [1.29, 1.82) is 0 Å². The second-order valence-corrected chi connectivity index (χ2v) is 6.69. The van der Waals surface area contributed by atoms with Crippen LogP contribution in [0, 0.1) is 5.92 Å². The van der Waals surface area contributed by atoms with Gasteiger partial charge in [-0.15, -0.1) is 22.7 Å². The van der Waals surface area contributed by atoms with E-state index in [1.165, 1.54) is 22.6 Å². The minimum atomic E-state index is 0.461. The summed E-state index contributed by atoms with van der Waals surface area (Å²) < 4.78 is 0. The molecule has 1 fully saturated rings. The average molecular weight is 263 g/mol. The Morgan fingerprint density at radius 3 is 2.29 bits per heavy atom. The normalized spacial score (nSPS) is 19.1. The highest BCUT2D eigenvalue weighted by atomic mass is 32.1. The molecule has 0 saturated heterocycles. The van der Waals surface area contributed by atoms with Crippen molar-refractivity contribution in [2.45, 2.75) is 31.8 Å². The summed E-state index contributed by atoms with van der Waals surface area (Å²) in [5, 5.41) is 8.14. The molecule has 1 N–H and O–H groups in total. The van der Waals surface area contributed by atoms with Crippen molar-refractivity contribution in [3.05, 3.63) is 44.8 Å². The topological polar surface area (TPSA) is 12.0 Å². The van der Waals surface area contributed by atoms with E-state index < -0.39 is 0 Å². The quantitative estimate of drug-likeness (QED) is 0.830. The summed E-state index contributed by atoms with van der Waals surface area (Å²) in [7, 11) is 0. The van der Waals surface area contributed by atoms with Crippen molar-refractivity contribution in [2.24, 2.45) is 5.92 Å². The molecule has 2 heterocycles. The van der Waals surface area contributed by atoms with Crippen LogP contribution in [0.4, 0.5) is 0 Å². The molecular formula is C14H17NS2. The molecule has 2 aromatic heterocycles. The van der Waals surface area contributed by atoms with Gasteiger partial charge in [0.2, 0.25) is 0 Å². The average Bonchev–Trinajstić information content (AvgIpc) is 2.87. The summed E-state index contributed by atoms with van der Waals surface area (Å²) >= 11 is 3.72. The highest BCUT2D eigenvalue weighted by molar-refractivity contribution is 7.10. The Morgan fingerprint density at radius 1 is 1.12 bits per heavy atom. The molecule has 1 saturated carbocycles. The first kappa shape index (κ1) is 11.5. The van der Waals surface area contributed by atoms with Gasteiger partial charge in [-0.3, -0.25) is 0 Å². The van der Waals surface area contributed by atoms with Crippen LogP contribution >= 0.6 is 22.7 Å². The van der Waals surface area contributed by atoms with E-state index in [0.717, 1.165) is 5.92 Å². The first-order valence-corrected chi connectivity index (χ1v) is 7.93. The number of thiophene rings is 2. The molecule has 17 heavy (non-hydrogen) atoms. The minimum absolute atomic E-state index is 0.461. The lowest BCUT2D eigenvalue weighted by atomic mass is 10.1. The van der Waals surface area contributed by atoms with Crippen LogP contribution in [0.15, 0.2) is 35.0 Å². The summed E-state index contributed by atoms with van der Waals surface area (Å²) in [6, 6.07) is 9.81. The van der Waals surface area contributed by atoms with Gasteiger partial charge in [-0.05, 0) is 48.6 Å². The molecule has 0 spiro atoms. The van der Waals surface area contributed by atoms with Gasteiger partial charge in [-0.2, -0.15) is 0 Å². The number of nitrogens with one attached hydrogen (secondary N) is 1. The van der Waals surface area contributed by atoms with Crippen LogP contribution in [0.25, 0.3) is 0 Å². The molecule has 0 amide bonds. The van der Waals surface area contributed by atoms with Gasteiger partial charge in [0, 0.05) is 21.8 Å². The fourth-order valence-electron chi connectivity index (χ4n) is 2.24. The Bertz CT molecular complexity index is 443. The highest BCUT2D eigenvalue weighted by Gasteiger charge is 2.33. The lowest BCUT2D eigenvalue weighted by Crippen LogP contribution is -2.25. The second-order valence-electron chi connectivity index (χ2n) is 4.73. The monoisotopic (exact) mass is 263 g/mol. The molecule has 1 aliphatic rings. The van der Waals surface area contributed by atoms with Gasteiger partial charge in [0.25, 0.3) is 0 Å². The van der Waals surface area contributed by atoms with Gasteiger partial charge in [0.15, 0.2) is 0 Å². The molecule has 2 aromatic rings. The third-order valence-electron chi connectivity index (χ3n) is 3.34. The fourth-order valence-corrected chi connectivity index (χ4v) is 3.86. The zero-order valence-corrected chi connectivity index (χ0v) is 11.6. The maximum Gasteiger partial charge on any atom is 0.0448 e. The standard InChI is InChI=1S/C14H17NS2/c1-10(12-4-2-8-16-12)15-14(11-6-7-11)13-5-3-9-17-13/h2-5,8-11,14-15H,6-7H2,1H3. The molecule has 0 bridgehead atoms. The van der Waals surface area contributed by atoms with Crippen molar-refractivity contribution in [3.63, 3.8) is 0 Å². The number of hydrogen-bond donors (Lipinski definition) is 1. The third kappa shape index (κ3) is 2.62. The number of hydrogen-bond acceptors (Lipinski definition) is 3. The van der Waals surface area contributed by atoms with Crippen LogP contribution in [0.5, 0.6) is 0 Å². The molecular weight excluding hydrogens is 246 g/mol. The van der Waals surface area contributed by atoms with E-state index in [1.807, 2.05) is 22.7 Å². The molecule has 90 valence electrons. The molecule has 0 radical (unpaired) electrons. The first-order chi connectivity index (χ1) is 8.34. The summed E-state index contributed by atoms with van der Waals surface area (Å²) in [6.45, 7) is 2.27. The smallest absolute Gasteiger partial charge is 0.0448 e. The SMILES string of the molecule is CC(NC(c1cccs1)C1CC1)c1cccs1. The summed E-state index contributed by atoms with van der Waals surface area (Å²) in [6.07, 6.45) is 2.76. The van der Waals surface area contributed by atoms with Crippen LogP contribution < -0.4 is 5.32 Å². The van der Waals surface area contributed by atoms with Gasteiger partial charge in [0.05, 0.1) is 0 Å². The molecule has 2 atom stereocenters. The summed E-state index contributed by atoms with van der Waals surface area (Å²) in [5.41, 5.74) is 0. The molecule has 2 unspecified atom stereocenters. The lowest BCUT2D eigenvalue weighted by molar-refractivity contribution is 0.436. The molecule has 0 aromatic carbocycles. The molecule has 1 nitrogen and oxygen atoms in total. The zero-order valence-electron chi connectivity index (χ0n) is 9.93. The zero-order chi connectivity index (χ0) is 11.7. The van der Waals surface area contributed by atoms with E-state index in [4.69, 9.17) is 0 Å². The van der Waals surface area contributed by atoms with Gasteiger partial charge >= 0.3 is 0 Å². The molecule has 3 rings (SSSR count). The van der Waals surface area contributed by atoms with Crippen molar-refractivity contribution < 1.29 is 0 Å². The van der Waals surface area contributed by atoms with Crippen LogP contribution in [-0.4, -0.2) is 0 Å². The van der Waals surface area contributed by atoms with E-state index in [9.17, 15) is 0 Å². The van der Waals surface area contributed by atoms with Crippen LogP contribution in [0.2, 0.25) is 0 Å². The summed E-state index contributed by atoms with van der Waals surface area (Å²) in [4.78, 5) is 2.93. The van der Waals surface area contributed by atoms with E-state index in [2.05, 4.69) is 47.3 Å².